The average molecular weight is 332 g/mol. The molecule has 0 radical (unpaired) electrons. The fourth-order valence-corrected chi connectivity index (χ4v) is 4.29. The number of carbonyl (C=O) groups excluding carboxylic acids is 1. The Balaban J connectivity index is 2.33. The summed E-state index contributed by atoms with van der Waals surface area (Å²) in [7, 11) is 0. The van der Waals surface area contributed by atoms with Crippen molar-refractivity contribution in [1.29, 1.82) is 0 Å². The number of rotatable bonds is 4. The van der Waals surface area contributed by atoms with Crippen LogP contribution in [0.5, 0.6) is 0 Å². The third-order valence-corrected chi connectivity index (χ3v) is 5.64. The number of carbonyl (C=O) groups is 1. The summed E-state index contributed by atoms with van der Waals surface area (Å²) in [6.45, 7) is 12.8. The second kappa shape index (κ2) is 7.16. The van der Waals surface area contributed by atoms with Crippen molar-refractivity contribution in [3.63, 3.8) is 0 Å². The fourth-order valence-electron chi connectivity index (χ4n) is 4.29. The van der Waals surface area contributed by atoms with Gasteiger partial charge < -0.3 is 4.74 Å². The lowest BCUT2D eigenvalue weighted by Crippen LogP contribution is -2.64. The lowest BCUT2D eigenvalue weighted by atomic mass is 9.70. The zero-order chi connectivity index (χ0) is 18.0. The van der Waals surface area contributed by atoms with Gasteiger partial charge in [0.2, 0.25) is 0 Å². The Bertz CT molecular complexity index is 546. The monoisotopic (exact) mass is 331 g/mol. The largest absolute Gasteiger partial charge is 0.446 e. The lowest BCUT2D eigenvalue weighted by Gasteiger charge is -2.56. The van der Waals surface area contributed by atoms with E-state index < -0.39 is 0 Å². The van der Waals surface area contributed by atoms with Crippen LogP contribution in [0.25, 0.3) is 0 Å². The number of hydrogen-bond acceptors (Lipinski definition) is 2. The van der Waals surface area contributed by atoms with Gasteiger partial charge in [0.1, 0.15) is 6.10 Å². The molecule has 1 fully saturated rings. The van der Waals surface area contributed by atoms with E-state index in [4.69, 9.17) is 4.74 Å². The normalized spacial score (nSPS) is 22.5. The van der Waals surface area contributed by atoms with Crippen LogP contribution in [0.2, 0.25) is 0 Å². The van der Waals surface area contributed by atoms with Crippen molar-refractivity contribution in [2.75, 3.05) is 0 Å². The van der Waals surface area contributed by atoms with Crippen molar-refractivity contribution in [3.8, 4) is 0 Å². The zero-order valence-corrected chi connectivity index (χ0v) is 16.1. The van der Waals surface area contributed by atoms with Crippen LogP contribution < -0.4 is 0 Å². The Labute approximate surface area is 147 Å². The Morgan fingerprint density at radius 1 is 1.17 bits per heavy atom. The van der Waals surface area contributed by atoms with Gasteiger partial charge >= 0.3 is 6.09 Å². The van der Waals surface area contributed by atoms with Crippen molar-refractivity contribution in [3.05, 3.63) is 35.9 Å². The zero-order valence-electron chi connectivity index (χ0n) is 16.1. The van der Waals surface area contributed by atoms with Gasteiger partial charge in [0.15, 0.2) is 0 Å². The average Bonchev–Trinajstić information content (AvgIpc) is 2.52. The first kappa shape index (κ1) is 18.8. The number of piperidine rings is 1. The van der Waals surface area contributed by atoms with E-state index in [0.717, 1.165) is 25.7 Å². The van der Waals surface area contributed by atoms with Crippen LogP contribution in [0.3, 0.4) is 0 Å². The summed E-state index contributed by atoms with van der Waals surface area (Å²) in [4.78, 5) is 15.0. The second-order valence-corrected chi connectivity index (χ2v) is 8.13. The second-order valence-electron chi connectivity index (χ2n) is 8.13. The predicted molar refractivity (Wildman–Crippen MR) is 99.3 cm³/mol. The molecule has 1 heterocycles. The van der Waals surface area contributed by atoms with Crippen molar-refractivity contribution in [2.24, 2.45) is 0 Å². The summed E-state index contributed by atoms with van der Waals surface area (Å²) in [5.41, 5.74) is 0.822. The summed E-state index contributed by atoms with van der Waals surface area (Å²) >= 11 is 0. The number of nitrogens with zero attached hydrogens (tertiary/aromatic N) is 1. The SMILES string of the molecule is CCC(CC)OC(=O)N1C(C)(C)CCC(c2ccccc2)C1(C)C. The minimum Gasteiger partial charge on any atom is -0.446 e. The van der Waals surface area contributed by atoms with E-state index in [1.54, 1.807) is 0 Å². The molecule has 2 rings (SSSR count). The molecule has 1 amide bonds. The molecule has 1 aliphatic heterocycles. The quantitative estimate of drug-likeness (QED) is 0.703. The highest BCUT2D eigenvalue weighted by atomic mass is 16.6. The van der Waals surface area contributed by atoms with Crippen LogP contribution in [-0.4, -0.2) is 28.2 Å². The number of likely N-dealkylation sites (tertiary alicyclic amines) is 1. The van der Waals surface area contributed by atoms with Gasteiger partial charge in [-0.3, -0.25) is 4.90 Å². The van der Waals surface area contributed by atoms with Crippen molar-refractivity contribution in [1.82, 2.24) is 4.90 Å². The molecule has 0 bridgehead atoms. The van der Waals surface area contributed by atoms with E-state index >= 15 is 0 Å². The first-order chi connectivity index (χ1) is 11.2. The van der Waals surface area contributed by atoms with E-state index in [9.17, 15) is 4.79 Å². The molecule has 1 aliphatic rings. The van der Waals surface area contributed by atoms with Gasteiger partial charge in [0.05, 0.1) is 0 Å². The highest BCUT2D eigenvalue weighted by Gasteiger charge is 2.50. The summed E-state index contributed by atoms with van der Waals surface area (Å²) < 4.78 is 5.83. The molecule has 3 nitrogen and oxygen atoms in total. The maximum absolute atomic E-state index is 13.0. The van der Waals surface area contributed by atoms with Crippen molar-refractivity contribution >= 4 is 6.09 Å². The fraction of sp³-hybridized carbons (Fsp3) is 0.667. The maximum atomic E-state index is 13.0. The van der Waals surface area contributed by atoms with E-state index in [-0.39, 0.29) is 23.3 Å². The van der Waals surface area contributed by atoms with E-state index in [0.29, 0.717) is 5.92 Å². The van der Waals surface area contributed by atoms with Gasteiger partial charge in [-0.25, -0.2) is 4.79 Å². The van der Waals surface area contributed by atoms with E-state index in [1.165, 1.54) is 5.56 Å². The first-order valence-corrected chi connectivity index (χ1v) is 9.30. The molecule has 0 N–H and O–H groups in total. The highest BCUT2D eigenvalue weighted by Crippen LogP contribution is 2.47. The van der Waals surface area contributed by atoms with Gasteiger partial charge in [-0.1, -0.05) is 44.2 Å². The Kier molecular flexibility index (Phi) is 5.62. The van der Waals surface area contributed by atoms with Gasteiger partial charge in [-0.15, -0.1) is 0 Å². The molecule has 1 saturated heterocycles. The van der Waals surface area contributed by atoms with Crippen LogP contribution in [0.1, 0.15) is 78.7 Å². The number of ether oxygens (including phenoxy) is 1. The molecule has 3 heteroatoms. The Hall–Kier alpha value is -1.51. The van der Waals surface area contributed by atoms with Crippen molar-refractivity contribution < 1.29 is 9.53 Å². The minimum atomic E-state index is -0.285. The smallest absolute Gasteiger partial charge is 0.410 e. The van der Waals surface area contributed by atoms with Gasteiger partial charge in [0, 0.05) is 17.0 Å². The van der Waals surface area contributed by atoms with Gasteiger partial charge in [0.25, 0.3) is 0 Å². The number of amides is 1. The lowest BCUT2D eigenvalue weighted by molar-refractivity contribution is -0.0473. The third kappa shape index (κ3) is 3.60. The molecule has 0 spiro atoms. The molecule has 1 unspecified atom stereocenters. The molecule has 1 aromatic carbocycles. The summed E-state index contributed by atoms with van der Waals surface area (Å²) in [5.74, 6) is 0.320. The standard InChI is InChI=1S/C21H33NO2/c1-7-17(8-2)24-19(23)22-20(3,4)15-14-18(21(22,5)6)16-12-10-9-11-13-16/h9-13,17-18H,7-8,14-15H2,1-6H3. The van der Waals surface area contributed by atoms with E-state index in [1.807, 2.05) is 11.0 Å². The van der Waals surface area contributed by atoms with Gasteiger partial charge in [-0.05, 0) is 58.9 Å². The molecule has 0 aromatic heterocycles. The molecular weight excluding hydrogens is 298 g/mol. The van der Waals surface area contributed by atoms with Crippen LogP contribution >= 0.6 is 0 Å². The molecular formula is C21H33NO2. The minimum absolute atomic E-state index is 0.00111. The van der Waals surface area contributed by atoms with Crippen LogP contribution in [0.15, 0.2) is 30.3 Å². The molecule has 24 heavy (non-hydrogen) atoms. The molecule has 0 saturated carbocycles. The molecule has 134 valence electrons. The summed E-state index contributed by atoms with van der Waals surface area (Å²) in [6, 6.07) is 10.6. The Morgan fingerprint density at radius 2 is 1.75 bits per heavy atom. The molecule has 1 aromatic rings. The van der Waals surface area contributed by atoms with Gasteiger partial charge in [-0.2, -0.15) is 0 Å². The summed E-state index contributed by atoms with van der Waals surface area (Å²) in [5, 5.41) is 0. The van der Waals surface area contributed by atoms with Crippen LogP contribution in [0.4, 0.5) is 4.79 Å². The first-order valence-electron chi connectivity index (χ1n) is 9.30. The predicted octanol–water partition coefficient (Wildman–Crippen LogP) is 5.75. The topological polar surface area (TPSA) is 29.5 Å². The highest BCUT2D eigenvalue weighted by molar-refractivity contribution is 5.70. The molecule has 0 aliphatic carbocycles. The van der Waals surface area contributed by atoms with Crippen LogP contribution in [0, 0.1) is 0 Å². The molecule has 1 atom stereocenters. The Morgan fingerprint density at radius 3 is 2.29 bits per heavy atom. The van der Waals surface area contributed by atoms with Crippen LogP contribution in [-0.2, 0) is 4.74 Å². The van der Waals surface area contributed by atoms with E-state index in [2.05, 4.69) is 65.8 Å². The van der Waals surface area contributed by atoms with Crippen molar-refractivity contribution in [2.45, 2.75) is 90.3 Å². The summed E-state index contributed by atoms with van der Waals surface area (Å²) in [6.07, 6.45) is 3.62. The third-order valence-electron chi connectivity index (χ3n) is 5.64. The number of benzene rings is 1. The number of hydrogen-bond donors (Lipinski definition) is 0. The maximum Gasteiger partial charge on any atom is 0.410 e.